The molecule has 1 aromatic heterocycles. The first-order valence-corrected chi connectivity index (χ1v) is 6.72. The molecular formula is C15H13N5O3. The molecule has 0 unspecified atom stereocenters. The molecule has 0 fully saturated rings. The van der Waals surface area contributed by atoms with Crippen LogP contribution in [0.4, 0.5) is 11.4 Å². The van der Waals surface area contributed by atoms with Gasteiger partial charge in [0.05, 0.1) is 22.1 Å². The Morgan fingerprint density at radius 3 is 2.83 bits per heavy atom. The van der Waals surface area contributed by atoms with Gasteiger partial charge in [0.15, 0.2) is 0 Å². The number of nitro benzene ring substituents is 1. The molecule has 8 nitrogen and oxygen atoms in total. The Hall–Kier alpha value is -3.47. The third-order valence-electron chi connectivity index (χ3n) is 2.97. The first-order valence-electron chi connectivity index (χ1n) is 6.72. The number of nitriles is 1. The van der Waals surface area contributed by atoms with Crippen LogP contribution in [-0.4, -0.2) is 28.9 Å². The molecule has 2 N–H and O–H groups in total. The number of nitro groups is 1. The minimum atomic E-state index is -0.558. The zero-order valence-electron chi connectivity index (χ0n) is 12.0. The second-order valence-corrected chi connectivity index (χ2v) is 4.53. The lowest BCUT2D eigenvalue weighted by molar-refractivity contribution is -0.384. The smallest absolute Gasteiger partial charge is 0.293 e. The minimum absolute atomic E-state index is 0.178. The molecule has 0 radical (unpaired) electrons. The molecule has 2 aromatic rings. The molecule has 1 aromatic carbocycles. The van der Waals surface area contributed by atoms with Gasteiger partial charge < -0.3 is 10.6 Å². The van der Waals surface area contributed by atoms with Crippen LogP contribution in [0, 0.1) is 21.4 Å². The van der Waals surface area contributed by atoms with Crippen LogP contribution in [0.1, 0.15) is 15.9 Å². The van der Waals surface area contributed by atoms with Gasteiger partial charge in [0, 0.05) is 31.5 Å². The summed E-state index contributed by atoms with van der Waals surface area (Å²) in [7, 11) is 0. The van der Waals surface area contributed by atoms with Crippen LogP contribution in [0.3, 0.4) is 0 Å². The first kappa shape index (κ1) is 15.9. The van der Waals surface area contributed by atoms with Crippen molar-refractivity contribution < 1.29 is 9.72 Å². The third kappa shape index (κ3) is 4.25. The Morgan fingerprint density at radius 2 is 2.17 bits per heavy atom. The average molecular weight is 311 g/mol. The number of carbonyl (C=O) groups excluding carboxylic acids is 1. The predicted octanol–water partition coefficient (Wildman–Crippen LogP) is 1.70. The molecule has 0 spiro atoms. The van der Waals surface area contributed by atoms with Crippen LogP contribution < -0.4 is 10.6 Å². The molecule has 0 saturated heterocycles. The topological polar surface area (TPSA) is 121 Å². The lowest BCUT2D eigenvalue weighted by Gasteiger charge is -2.08. The van der Waals surface area contributed by atoms with E-state index in [9.17, 15) is 14.9 Å². The van der Waals surface area contributed by atoms with E-state index in [1.165, 1.54) is 24.4 Å². The van der Waals surface area contributed by atoms with E-state index in [0.717, 1.165) is 0 Å². The molecule has 0 bridgehead atoms. The number of benzene rings is 1. The summed E-state index contributed by atoms with van der Waals surface area (Å²) in [6.45, 7) is 0.587. The van der Waals surface area contributed by atoms with Crippen LogP contribution in [-0.2, 0) is 0 Å². The summed E-state index contributed by atoms with van der Waals surface area (Å²) in [6, 6.07) is 9.32. The number of amides is 1. The lowest BCUT2D eigenvalue weighted by atomic mass is 10.2. The molecule has 0 atom stereocenters. The summed E-state index contributed by atoms with van der Waals surface area (Å²) in [5.74, 6) is -0.269. The highest BCUT2D eigenvalue weighted by atomic mass is 16.6. The fourth-order valence-electron chi connectivity index (χ4n) is 1.87. The molecule has 23 heavy (non-hydrogen) atoms. The van der Waals surface area contributed by atoms with Crippen molar-refractivity contribution in [1.82, 2.24) is 10.3 Å². The molecule has 8 heteroatoms. The molecule has 116 valence electrons. The van der Waals surface area contributed by atoms with Gasteiger partial charge in [0.2, 0.25) is 0 Å². The van der Waals surface area contributed by atoms with Crippen molar-refractivity contribution in [3.05, 3.63) is 64.0 Å². The van der Waals surface area contributed by atoms with Crippen molar-refractivity contribution in [1.29, 1.82) is 5.26 Å². The van der Waals surface area contributed by atoms with Gasteiger partial charge in [-0.3, -0.25) is 19.9 Å². The number of nitrogens with zero attached hydrogens (tertiary/aromatic N) is 3. The van der Waals surface area contributed by atoms with Crippen molar-refractivity contribution >= 4 is 17.3 Å². The van der Waals surface area contributed by atoms with Crippen LogP contribution in [0.5, 0.6) is 0 Å². The molecule has 1 amide bonds. The third-order valence-corrected chi connectivity index (χ3v) is 2.97. The quantitative estimate of drug-likeness (QED) is 0.476. The van der Waals surface area contributed by atoms with Crippen LogP contribution in [0.15, 0.2) is 42.7 Å². The second-order valence-electron chi connectivity index (χ2n) is 4.53. The van der Waals surface area contributed by atoms with Gasteiger partial charge in [0.1, 0.15) is 5.69 Å². The van der Waals surface area contributed by atoms with E-state index in [0.29, 0.717) is 17.8 Å². The van der Waals surface area contributed by atoms with Crippen molar-refractivity contribution in [3.63, 3.8) is 0 Å². The van der Waals surface area contributed by atoms with Gasteiger partial charge in [-0.2, -0.15) is 5.26 Å². The average Bonchev–Trinajstić information content (AvgIpc) is 2.59. The zero-order chi connectivity index (χ0) is 16.7. The molecule has 0 aliphatic heterocycles. The highest BCUT2D eigenvalue weighted by molar-refractivity contribution is 5.93. The Balaban J connectivity index is 1.91. The van der Waals surface area contributed by atoms with Gasteiger partial charge in [-0.15, -0.1) is 0 Å². The molecular weight excluding hydrogens is 298 g/mol. The lowest BCUT2D eigenvalue weighted by Crippen LogP contribution is -2.28. The fourth-order valence-corrected chi connectivity index (χ4v) is 1.87. The SMILES string of the molecule is N#Cc1ccc(NCCNC(=O)c2cccnc2)c([N+](=O)[O-])c1. The number of carbonyl (C=O) groups is 1. The maximum atomic E-state index is 11.8. The number of aromatic nitrogens is 1. The van der Waals surface area contributed by atoms with Gasteiger partial charge in [-0.05, 0) is 24.3 Å². The molecule has 1 heterocycles. The van der Waals surface area contributed by atoms with E-state index >= 15 is 0 Å². The van der Waals surface area contributed by atoms with E-state index in [1.807, 2.05) is 6.07 Å². The Kier molecular flexibility index (Phi) is 5.20. The van der Waals surface area contributed by atoms with Gasteiger partial charge >= 0.3 is 0 Å². The highest BCUT2D eigenvalue weighted by Crippen LogP contribution is 2.24. The first-order chi connectivity index (χ1) is 11.1. The van der Waals surface area contributed by atoms with Crippen LogP contribution >= 0.6 is 0 Å². The zero-order valence-corrected chi connectivity index (χ0v) is 12.0. The summed E-state index contributed by atoms with van der Waals surface area (Å²) < 4.78 is 0. The molecule has 2 rings (SSSR count). The standard InChI is InChI=1S/C15H13N5O3/c16-9-11-3-4-13(14(8-11)20(22)23)18-6-7-19-15(21)12-2-1-5-17-10-12/h1-5,8,10,18H,6-7H2,(H,19,21). The number of pyridine rings is 1. The summed E-state index contributed by atoms with van der Waals surface area (Å²) in [4.78, 5) is 26.1. The van der Waals surface area contributed by atoms with E-state index < -0.39 is 4.92 Å². The van der Waals surface area contributed by atoms with Gasteiger partial charge in [-0.25, -0.2) is 0 Å². The largest absolute Gasteiger partial charge is 0.378 e. The number of hydrogen-bond donors (Lipinski definition) is 2. The van der Waals surface area contributed by atoms with Gasteiger partial charge in [0.25, 0.3) is 11.6 Å². The van der Waals surface area contributed by atoms with Crippen molar-refractivity contribution in [2.75, 3.05) is 18.4 Å². The summed E-state index contributed by atoms with van der Waals surface area (Å²) in [5.41, 5.74) is 0.774. The molecule has 0 saturated carbocycles. The van der Waals surface area contributed by atoms with Gasteiger partial charge in [-0.1, -0.05) is 0 Å². The summed E-state index contributed by atoms with van der Waals surface area (Å²) in [6.07, 6.45) is 3.02. The molecule has 0 aliphatic carbocycles. The van der Waals surface area contributed by atoms with E-state index in [4.69, 9.17) is 5.26 Å². The normalized spacial score (nSPS) is 9.70. The Bertz CT molecular complexity index is 755. The molecule has 0 aliphatic rings. The summed E-state index contributed by atoms with van der Waals surface area (Å²) >= 11 is 0. The van der Waals surface area contributed by atoms with Crippen molar-refractivity contribution in [3.8, 4) is 6.07 Å². The fraction of sp³-hybridized carbons (Fsp3) is 0.133. The number of rotatable bonds is 6. The Labute approximate surface area is 131 Å². The Morgan fingerprint density at radius 1 is 1.35 bits per heavy atom. The number of anilines is 1. The van der Waals surface area contributed by atoms with Crippen LogP contribution in [0.2, 0.25) is 0 Å². The number of nitrogens with one attached hydrogen (secondary N) is 2. The number of hydrogen-bond acceptors (Lipinski definition) is 6. The van der Waals surface area contributed by atoms with Crippen molar-refractivity contribution in [2.45, 2.75) is 0 Å². The maximum Gasteiger partial charge on any atom is 0.293 e. The van der Waals surface area contributed by atoms with E-state index in [-0.39, 0.29) is 23.7 Å². The summed E-state index contributed by atoms with van der Waals surface area (Å²) in [5, 5.41) is 25.3. The second kappa shape index (κ2) is 7.51. The van der Waals surface area contributed by atoms with Crippen LogP contribution in [0.25, 0.3) is 0 Å². The minimum Gasteiger partial charge on any atom is -0.378 e. The predicted molar refractivity (Wildman–Crippen MR) is 82.9 cm³/mol. The van der Waals surface area contributed by atoms with Crippen molar-refractivity contribution in [2.24, 2.45) is 0 Å². The maximum absolute atomic E-state index is 11.8. The van der Waals surface area contributed by atoms with E-state index in [2.05, 4.69) is 15.6 Å². The highest BCUT2D eigenvalue weighted by Gasteiger charge is 2.14. The monoisotopic (exact) mass is 311 g/mol. The van der Waals surface area contributed by atoms with E-state index in [1.54, 1.807) is 18.3 Å².